The Bertz CT molecular complexity index is 400. The Morgan fingerprint density at radius 2 is 2.13 bits per heavy atom. The summed E-state index contributed by atoms with van der Waals surface area (Å²) in [6.07, 6.45) is 1.46. The monoisotopic (exact) mass is 227 g/mol. The SMILES string of the molecule is COc1ccc(CN=C=O)c(OC)c1Cl. The van der Waals surface area contributed by atoms with Crippen LogP contribution in [0, 0.1) is 0 Å². The molecule has 0 radical (unpaired) electrons. The molecule has 15 heavy (non-hydrogen) atoms. The number of ether oxygens (including phenoxy) is 2. The minimum atomic E-state index is 0.191. The Morgan fingerprint density at radius 1 is 1.40 bits per heavy atom. The number of methoxy groups -OCH3 is 2. The van der Waals surface area contributed by atoms with Crippen LogP contribution in [0.2, 0.25) is 5.02 Å². The molecule has 0 atom stereocenters. The Labute approximate surface area is 92.5 Å². The van der Waals surface area contributed by atoms with E-state index in [1.807, 2.05) is 0 Å². The highest BCUT2D eigenvalue weighted by molar-refractivity contribution is 6.33. The molecule has 0 saturated carbocycles. The van der Waals surface area contributed by atoms with Crippen molar-refractivity contribution >= 4 is 17.7 Å². The van der Waals surface area contributed by atoms with E-state index < -0.39 is 0 Å². The lowest BCUT2D eigenvalue weighted by molar-refractivity contribution is 0.391. The van der Waals surface area contributed by atoms with Gasteiger partial charge in [-0.25, -0.2) is 9.79 Å². The molecule has 0 N–H and O–H groups in total. The Kier molecular flexibility index (Phi) is 4.16. The lowest BCUT2D eigenvalue weighted by Gasteiger charge is -2.11. The second-order valence-electron chi connectivity index (χ2n) is 2.68. The molecule has 1 aromatic carbocycles. The number of isocyanates is 1. The van der Waals surface area contributed by atoms with Gasteiger partial charge in [-0.05, 0) is 12.1 Å². The number of hydrogen-bond donors (Lipinski definition) is 0. The average molecular weight is 228 g/mol. The standard InChI is InChI=1S/C10H10ClNO3/c1-14-8-4-3-7(5-12-6-13)10(15-2)9(8)11/h3-4H,5H2,1-2H3. The van der Waals surface area contributed by atoms with Crippen molar-refractivity contribution in [1.29, 1.82) is 0 Å². The van der Waals surface area contributed by atoms with Crippen molar-refractivity contribution in [2.45, 2.75) is 6.54 Å². The van der Waals surface area contributed by atoms with Crippen LogP contribution in [-0.2, 0) is 11.3 Å². The van der Waals surface area contributed by atoms with Gasteiger partial charge < -0.3 is 9.47 Å². The van der Waals surface area contributed by atoms with E-state index in [1.165, 1.54) is 20.3 Å². The summed E-state index contributed by atoms with van der Waals surface area (Å²) in [5, 5.41) is 0.374. The molecule has 0 amide bonds. The Hall–Kier alpha value is -1.51. The van der Waals surface area contributed by atoms with Gasteiger partial charge in [-0.1, -0.05) is 11.6 Å². The van der Waals surface area contributed by atoms with Crippen LogP contribution < -0.4 is 9.47 Å². The minimum absolute atomic E-state index is 0.191. The normalized spacial score (nSPS) is 9.27. The molecule has 1 aromatic rings. The summed E-state index contributed by atoms with van der Waals surface area (Å²) < 4.78 is 10.1. The molecule has 0 heterocycles. The molecule has 0 saturated heterocycles. The van der Waals surface area contributed by atoms with Gasteiger partial charge in [0.15, 0.2) is 0 Å². The first kappa shape index (κ1) is 11.6. The highest BCUT2D eigenvalue weighted by Crippen LogP contribution is 2.36. The molecule has 0 aliphatic carbocycles. The topological polar surface area (TPSA) is 47.9 Å². The maximum atomic E-state index is 10.00. The first-order valence-electron chi connectivity index (χ1n) is 4.17. The van der Waals surface area contributed by atoms with Gasteiger partial charge in [-0.2, -0.15) is 0 Å². The summed E-state index contributed by atoms with van der Waals surface area (Å²) in [6.45, 7) is 0.191. The van der Waals surface area contributed by atoms with Gasteiger partial charge in [-0.15, -0.1) is 0 Å². The van der Waals surface area contributed by atoms with Gasteiger partial charge in [0.05, 0.1) is 20.8 Å². The van der Waals surface area contributed by atoms with E-state index in [-0.39, 0.29) is 6.54 Å². The van der Waals surface area contributed by atoms with Crippen molar-refractivity contribution in [2.75, 3.05) is 14.2 Å². The number of halogens is 1. The zero-order chi connectivity index (χ0) is 11.3. The summed E-state index contributed by atoms with van der Waals surface area (Å²) in [5.41, 5.74) is 0.714. The molecule has 0 aliphatic rings. The van der Waals surface area contributed by atoms with Crippen LogP contribution in [0.5, 0.6) is 11.5 Å². The van der Waals surface area contributed by atoms with Crippen LogP contribution in [0.15, 0.2) is 17.1 Å². The van der Waals surface area contributed by atoms with Crippen LogP contribution in [0.3, 0.4) is 0 Å². The van der Waals surface area contributed by atoms with E-state index in [1.54, 1.807) is 12.1 Å². The van der Waals surface area contributed by atoms with Crippen LogP contribution in [0.25, 0.3) is 0 Å². The molecule has 1 rings (SSSR count). The van der Waals surface area contributed by atoms with Gasteiger partial charge in [0, 0.05) is 5.56 Å². The van der Waals surface area contributed by atoms with Crippen LogP contribution >= 0.6 is 11.6 Å². The molecular weight excluding hydrogens is 218 g/mol. The van der Waals surface area contributed by atoms with Crippen molar-refractivity contribution in [3.8, 4) is 11.5 Å². The fraction of sp³-hybridized carbons (Fsp3) is 0.300. The van der Waals surface area contributed by atoms with Gasteiger partial charge in [0.25, 0.3) is 0 Å². The van der Waals surface area contributed by atoms with Gasteiger partial charge in [0.1, 0.15) is 16.5 Å². The quantitative estimate of drug-likeness (QED) is 0.585. The van der Waals surface area contributed by atoms with Crippen molar-refractivity contribution in [2.24, 2.45) is 4.99 Å². The van der Waals surface area contributed by atoms with Crippen molar-refractivity contribution < 1.29 is 14.3 Å². The molecule has 80 valence electrons. The smallest absolute Gasteiger partial charge is 0.235 e. The summed E-state index contributed by atoms with van der Waals surface area (Å²) in [6, 6.07) is 3.44. The van der Waals surface area contributed by atoms with E-state index in [4.69, 9.17) is 21.1 Å². The Morgan fingerprint density at radius 3 is 2.67 bits per heavy atom. The number of nitrogens with zero attached hydrogens (tertiary/aromatic N) is 1. The molecule has 4 nitrogen and oxygen atoms in total. The molecule has 0 bridgehead atoms. The van der Waals surface area contributed by atoms with E-state index in [9.17, 15) is 4.79 Å². The van der Waals surface area contributed by atoms with E-state index in [2.05, 4.69) is 4.99 Å². The molecule has 0 fully saturated rings. The van der Waals surface area contributed by atoms with Crippen molar-refractivity contribution in [1.82, 2.24) is 0 Å². The number of carbonyl (C=O) groups excluding carboxylic acids is 1. The van der Waals surface area contributed by atoms with Gasteiger partial charge in [-0.3, -0.25) is 0 Å². The van der Waals surface area contributed by atoms with Gasteiger partial charge in [0.2, 0.25) is 6.08 Å². The Balaban J connectivity index is 3.17. The number of hydrogen-bond acceptors (Lipinski definition) is 4. The first-order valence-corrected chi connectivity index (χ1v) is 4.55. The van der Waals surface area contributed by atoms with Crippen LogP contribution in [0.1, 0.15) is 5.56 Å². The molecule has 0 aliphatic heterocycles. The third-order valence-electron chi connectivity index (χ3n) is 1.88. The zero-order valence-electron chi connectivity index (χ0n) is 8.41. The number of aliphatic imine (C=N–C) groups is 1. The molecule has 5 heteroatoms. The lowest BCUT2D eigenvalue weighted by Crippen LogP contribution is -1.94. The maximum absolute atomic E-state index is 10.00. The summed E-state index contributed by atoms with van der Waals surface area (Å²) in [7, 11) is 3.01. The van der Waals surface area contributed by atoms with Crippen molar-refractivity contribution in [3.05, 3.63) is 22.7 Å². The third kappa shape index (κ3) is 2.49. The molecular formula is C10H10ClNO3. The molecule has 0 spiro atoms. The third-order valence-corrected chi connectivity index (χ3v) is 2.24. The fourth-order valence-corrected chi connectivity index (χ4v) is 1.54. The second-order valence-corrected chi connectivity index (χ2v) is 3.06. The van der Waals surface area contributed by atoms with Crippen LogP contribution in [0.4, 0.5) is 0 Å². The van der Waals surface area contributed by atoms with Crippen molar-refractivity contribution in [3.63, 3.8) is 0 Å². The number of benzene rings is 1. The highest BCUT2D eigenvalue weighted by atomic mass is 35.5. The largest absolute Gasteiger partial charge is 0.495 e. The van der Waals surface area contributed by atoms with E-state index >= 15 is 0 Å². The summed E-state index contributed by atoms with van der Waals surface area (Å²) >= 11 is 6.00. The van der Waals surface area contributed by atoms with Crippen LogP contribution in [-0.4, -0.2) is 20.3 Å². The second kappa shape index (κ2) is 5.39. The minimum Gasteiger partial charge on any atom is -0.495 e. The molecule has 0 aromatic heterocycles. The predicted molar refractivity (Wildman–Crippen MR) is 56.4 cm³/mol. The molecule has 0 unspecified atom stereocenters. The number of rotatable bonds is 4. The van der Waals surface area contributed by atoms with E-state index in [0.717, 1.165) is 0 Å². The first-order chi connectivity index (χ1) is 7.24. The fourth-order valence-electron chi connectivity index (χ4n) is 1.20. The summed E-state index contributed by atoms with van der Waals surface area (Å²) in [4.78, 5) is 13.5. The van der Waals surface area contributed by atoms with E-state index in [0.29, 0.717) is 22.1 Å². The zero-order valence-corrected chi connectivity index (χ0v) is 9.17. The van der Waals surface area contributed by atoms with Gasteiger partial charge >= 0.3 is 0 Å². The summed E-state index contributed by atoms with van der Waals surface area (Å²) in [5.74, 6) is 0.988. The highest BCUT2D eigenvalue weighted by Gasteiger charge is 2.12. The lowest BCUT2D eigenvalue weighted by atomic mass is 10.2. The maximum Gasteiger partial charge on any atom is 0.235 e. The average Bonchev–Trinajstić information content (AvgIpc) is 2.26. The predicted octanol–water partition coefficient (Wildman–Crippen LogP) is 2.19.